The molecule has 2 aromatic rings. The first-order valence-corrected chi connectivity index (χ1v) is 7.27. The van der Waals surface area contributed by atoms with Crippen LogP contribution in [0.4, 0.5) is 5.82 Å². The van der Waals surface area contributed by atoms with Gasteiger partial charge in [0.2, 0.25) is 5.91 Å². The molecule has 2 rings (SSSR count). The highest BCUT2D eigenvalue weighted by atomic mass is 16.5. The van der Waals surface area contributed by atoms with Crippen LogP contribution in [0.1, 0.15) is 18.4 Å². The third-order valence-electron chi connectivity index (χ3n) is 3.01. The average Bonchev–Trinajstić information content (AvgIpc) is 2.90. The Labute approximate surface area is 133 Å². The minimum Gasteiger partial charge on any atom is -0.494 e. The number of rotatable bonds is 8. The Hall–Kier alpha value is -2.83. The molecule has 23 heavy (non-hydrogen) atoms. The maximum absolute atomic E-state index is 11.8. The van der Waals surface area contributed by atoms with Crippen LogP contribution in [0.5, 0.6) is 5.75 Å². The van der Waals surface area contributed by atoms with Gasteiger partial charge in [-0.15, -0.1) is 0 Å². The summed E-state index contributed by atoms with van der Waals surface area (Å²) < 4.78 is 6.82. The van der Waals surface area contributed by atoms with Gasteiger partial charge in [-0.25, -0.2) is 0 Å². The van der Waals surface area contributed by atoms with Gasteiger partial charge in [0, 0.05) is 18.7 Å². The highest BCUT2D eigenvalue weighted by molar-refractivity contribution is 5.89. The molecule has 7 nitrogen and oxygen atoms in total. The molecule has 0 bridgehead atoms. The molecule has 0 aliphatic heterocycles. The average molecular weight is 317 g/mol. The van der Waals surface area contributed by atoms with Crippen molar-refractivity contribution < 1.29 is 19.4 Å². The van der Waals surface area contributed by atoms with Crippen LogP contribution in [0.2, 0.25) is 0 Å². The summed E-state index contributed by atoms with van der Waals surface area (Å²) in [5.41, 5.74) is 1.12. The Morgan fingerprint density at radius 1 is 1.35 bits per heavy atom. The predicted molar refractivity (Wildman–Crippen MR) is 84.4 cm³/mol. The van der Waals surface area contributed by atoms with E-state index in [1.54, 1.807) is 6.07 Å². The van der Waals surface area contributed by atoms with Crippen LogP contribution in [-0.4, -0.2) is 33.4 Å². The molecule has 1 amide bonds. The van der Waals surface area contributed by atoms with Gasteiger partial charge in [0.1, 0.15) is 12.3 Å². The highest BCUT2D eigenvalue weighted by Gasteiger charge is 2.07. The van der Waals surface area contributed by atoms with Crippen LogP contribution in [-0.2, 0) is 16.1 Å². The van der Waals surface area contributed by atoms with E-state index in [9.17, 15) is 9.59 Å². The second-order valence-electron chi connectivity index (χ2n) is 5.11. The van der Waals surface area contributed by atoms with Crippen molar-refractivity contribution in [3.05, 3.63) is 42.1 Å². The lowest BCUT2D eigenvalue weighted by Gasteiger charge is -2.06. The van der Waals surface area contributed by atoms with Crippen molar-refractivity contribution in [3.63, 3.8) is 0 Å². The second kappa shape index (κ2) is 7.98. The molecule has 1 heterocycles. The van der Waals surface area contributed by atoms with E-state index in [-0.39, 0.29) is 12.5 Å². The zero-order chi connectivity index (χ0) is 16.7. The number of hydrogen-bond acceptors (Lipinski definition) is 4. The zero-order valence-corrected chi connectivity index (χ0v) is 12.9. The van der Waals surface area contributed by atoms with E-state index < -0.39 is 5.97 Å². The third kappa shape index (κ3) is 5.82. The fraction of sp³-hybridized carbons (Fsp3) is 0.312. The number of nitrogens with one attached hydrogen (secondary N) is 1. The molecule has 0 saturated carbocycles. The standard InChI is InChI=1S/C16H19N3O4/c1-12-4-2-5-13(10-12)23-9-3-6-15(20)17-14-7-8-19(18-14)11-16(21)22/h2,4-5,7-8,10H,3,6,9,11H2,1H3,(H,21,22)(H,17,18,20). The molecule has 1 aromatic heterocycles. The van der Waals surface area contributed by atoms with Gasteiger partial charge in [0.15, 0.2) is 5.82 Å². The number of carbonyl (C=O) groups is 2. The second-order valence-corrected chi connectivity index (χ2v) is 5.11. The third-order valence-corrected chi connectivity index (χ3v) is 3.01. The van der Waals surface area contributed by atoms with Gasteiger partial charge in [-0.1, -0.05) is 12.1 Å². The Kier molecular flexibility index (Phi) is 5.74. The van der Waals surface area contributed by atoms with E-state index in [1.165, 1.54) is 10.9 Å². The van der Waals surface area contributed by atoms with E-state index in [0.717, 1.165) is 11.3 Å². The van der Waals surface area contributed by atoms with Crippen LogP contribution in [0, 0.1) is 6.92 Å². The summed E-state index contributed by atoms with van der Waals surface area (Å²) in [5.74, 6) is -0.0358. The molecule has 0 fully saturated rings. The molecular weight excluding hydrogens is 298 g/mol. The molecule has 1 aromatic carbocycles. The normalized spacial score (nSPS) is 10.3. The summed E-state index contributed by atoms with van der Waals surface area (Å²) in [7, 11) is 0. The number of aliphatic carboxylic acids is 1. The lowest BCUT2D eigenvalue weighted by molar-refractivity contribution is -0.137. The fourth-order valence-electron chi connectivity index (χ4n) is 1.99. The van der Waals surface area contributed by atoms with Crippen molar-refractivity contribution in [2.75, 3.05) is 11.9 Å². The van der Waals surface area contributed by atoms with Crippen LogP contribution >= 0.6 is 0 Å². The van der Waals surface area contributed by atoms with Gasteiger partial charge in [0.25, 0.3) is 0 Å². The number of hydrogen-bond donors (Lipinski definition) is 2. The monoisotopic (exact) mass is 317 g/mol. The van der Waals surface area contributed by atoms with Crippen molar-refractivity contribution in [2.24, 2.45) is 0 Å². The van der Waals surface area contributed by atoms with E-state index >= 15 is 0 Å². The molecule has 2 N–H and O–H groups in total. The summed E-state index contributed by atoms with van der Waals surface area (Å²) >= 11 is 0. The maximum Gasteiger partial charge on any atom is 0.325 e. The van der Waals surface area contributed by atoms with Gasteiger partial charge < -0.3 is 15.2 Å². The Morgan fingerprint density at radius 3 is 2.91 bits per heavy atom. The summed E-state index contributed by atoms with van der Waals surface area (Å²) in [5, 5.41) is 15.2. The highest BCUT2D eigenvalue weighted by Crippen LogP contribution is 2.12. The minimum atomic E-state index is -0.987. The fourth-order valence-corrected chi connectivity index (χ4v) is 1.99. The topological polar surface area (TPSA) is 93.5 Å². The molecule has 0 saturated heterocycles. The number of carbonyl (C=O) groups excluding carboxylic acids is 1. The molecule has 0 aliphatic carbocycles. The number of ether oxygens (including phenoxy) is 1. The Bertz CT molecular complexity index is 681. The number of anilines is 1. The Balaban J connectivity index is 1.69. The van der Waals surface area contributed by atoms with E-state index in [0.29, 0.717) is 25.3 Å². The predicted octanol–water partition coefficient (Wildman–Crippen LogP) is 2.07. The number of amides is 1. The first kappa shape index (κ1) is 16.5. The molecular formula is C16H19N3O4. The van der Waals surface area contributed by atoms with Gasteiger partial charge in [-0.2, -0.15) is 5.10 Å². The molecule has 7 heteroatoms. The summed E-state index contributed by atoms with van der Waals surface area (Å²) in [6.07, 6.45) is 2.39. The van der Waals surface area contributed by atoms with Gasteiger partial charge >= 0.3 is 5.97 Å². The number of carboxylic acids is 1. The molecule has 0 spiro atoms. The van der Waals surface area contributed by atoms with E-state index in [2.05, 4.69) is 10.4 Å². The molecule has 0 aliphatic rings. The van der Waals surface area contributed by atoms with E-state index in [4.69, 9.17) is 9.84 Å². The maximum atomic E-state index is 11.8. The summed E-state index contributed by atoms with van der Waals surface area (Å²) in [4.78, 5) is 22.3. The van der Waals surface area contributed by atoms with E-state index in [1.807, 2.05) is 31.2 Å². The minimum absolute atomic E-state index is 0.182. The van der Waals surface area contributed by atoms with Gasteiger partial charge in [-0.05, 0) is 31.0 Å². The van der Waals surface area contributed by atoms with Gasteiger partial charge in [-0.3, -0.25) is 14.3 Å². The molecule has 122 valence electrons. The summed E-state index contributed by atoms with van der Waals surface area (Å²) in [6, 6.07) is 9.29. The van der Waals surface area contributed by atoms with Crippen molar-refractivity contribution in [1.82, 2.24) is 9.78 Å². The van der Waals surface area contributed by atoms with Crippen molar-refractivity contribution >= 4 is 17.7 Å². The van der Waals surface area contributed by atoms with Crippen molar-refractivity contribution in [3.8, 4) is 5.75 Å². The quantitative estimate of drug-likeness (QED) is 0.727. The number of benzene rings is 1. The number of nitrogens with zero attached hydrogens (tertiary/aromatic N) is 2. The molecule has 0 radical (unpaired) electrons. The first-order valence-electron chi connectivity index (χ1n) is 7.27. The first-order chi connectivity index (χ1) is 11.0. The van der Waals surface area contributed by atoms with Crippen LogP contribution < -0.4 is 10.1 Å². The van der Waals surface area contributed by atoms with Crippen LogP contribution in [0.25, 0.3) is 0 Å². The number of aromatic nitrogens is 2. The van der Waals surface area contributed by atoms with Gasteiger partial charge in [0.05, 0.1) is 6.61 Å². The van der Waals surface area contributed by atoms with Crippen LogP contribution in [0.15, 0.2) is 36.5 Å². The summed E-state index contributed by atoms with van der Waals surface area (Å²) in [6.45, 7) is 2.20. The zero-order valence-electron chi connectivity index (χ0n) is 12.9. The lowest BCUT2D eigenvalue weighted by atomic mass is 10.2. The SMILES string of the molecule is Cc1cccc(OCCCC(=O)Nc2ccn(CC(=O)O)n2)c1. The smallest absolute Gasteiger partial charge is 0.325 e. The molecule has 0 unspecified atom stereocenters. The largest absolute Gasteiger partial charge is 0.494 e. The van der Waals surface area contributed by atoms with Crippen molar-refractivity contribution in [1.29, 1.82) is 0 Å². The number of aryl methyl sites for hydroxylation is 1. The lowest BCUT2D eigenvalue weighted by Crippen LogP contribution is -2.14. The number of carboxylic acid groups (broad SMARTS) is 1. The van der Waals surface area contributed by atoms with Crippen LogP contribution in [0.3, 0.4) is 0 Å². The molecule has 0 atom stereocenters. The van der Waals surface area contributed by atoms with Crippen molar-refractivity contribution in [2.45, 2.75) is 26.3 Å². The Morgan fingerprint density at radius 2 is 2.17 bits per heavy atom.